The lowest BCUT2D eigenvalue weighted by molar-refractivity contribution is -0.853. The highest BCUT2D eigenvalue weighted by molar-refractivity contribution is 6.22. The molecule has 2 aromatic rings. The van der Waals surface area contributed by atoms with Gasteiger partial charge in [0.1, 0.15) is 12.7 Å². The summed E-state index contributed by atoms with van der Waals surface area (Å²) in [6.45, 7) is 6.91. The Hall–Kier alpha value is -3.15. The van der Waals surface area contributed by atoms with Crippen LogP contribution in [0.2, 0.25) is 0 Å². The van der Waals surface area contributed by atoms with E-state index in [-0.39, 0.29) is 22.2 Å². The van der Waals surface area contributed by atoms with Gasteiger partial charge in [-0.2, -0.15) is 10.2 Å². The van der Waals surface area contributed by atoms with Crippen LogP contribution in [0.4, 0.5) is 10.5 Å². The Morgan fingerprint density at radius 1 is 1.23 bits per heavy atom. The van der Waals surface area contributed by atoms with Crippen LogP contribution in [0.15, 0.2) is 30.5 Å². The molecule has 3 fully saturated rings. The van der Waals surface area contributed by atoms with Crippen LogP contribution in [0.3, 0.4) is 0 Å². The number of amides is 3. The van der Waals surface area contributed by atoms with E-state index in [1.807, 2.05) is 25.7 Å². The van der Waals surface area contributed by atoms with Crippen molar-refractivity contribution in [2.24, 2.45) is 5.41 Å². The summed E-state index contributed by atoms with van der Waals surface area (Å²) >= 11 is 0. The first kappa shape index (κ1) is 18.9. The first-order chi connectivity index (χ1) is 14.2. The predicted octanol–water partition coefficient (Wildman–Crippen LogP) is 2.03. The number of quaternary nitrogens is 1. The summed E-state index contributed by atoms with van der Waals surface area (Å²) in [4.78, 5) is 48.1. The van der Waals surface area contributed by atoms with E-state index < -0.39 is 17.5 Å². The Kier molecular flexibility index (Phi) is 3.73. The quantitative estimate of drug-likeness (QED) is 0.562. The zero-order valence-corrected chi connectivity index (χ0v) is 17.1. The number of fused-ring (bicyclic) bond motifs is 2. The van der Waals surface area contributed by atoms with Gasteiger partial charge in [0.25, 0.3) is 5.91 Å². The Morgan fingerprint density at radius 3 is 2.70 bits per heavy atom. The minimum absolute atomic E-state index is 0.00375. The van der Waals surface area contributed by atoms with Gasteiger partial charge in [0.15, 0.2) is 17.9 Å². The van der Waals surface area contributed by atoms with E-state index in [2.05, 4.69) is 11.1 Å². The van der Waals surface area contributed by atoms with Crippen molar-refractivity contribution in [1.29, 1.82) is 5.26 Å². The molecule has 0 radical (unpaired) electrons. The molecule has 4 atom stereocenters. The minimum Gasteiger partial charge on any atom is -0.292 e. The lowest BCUT2D eigenvalue weighted by Crippen LogP contribution is -2.64. The number of piperazine rings is 1. The molecule has 8 nitrogen and oxygen atoms in total. The van der Waals surface area contributed by atoms with E-state index in [0.29, 0.717) is 41.9 Å². The number of urea groups is 1. The molecule has 3 aliphatic rings. The first-order valence-electron chi connectivity index (χ1n) is 10.0. The van der Waals surface area contributed by atoms with E-state index in [1.165, 1.54) is 4.90 Å². The number of hydrogen-bond donors (Lipinski definition) is 0. The zero-order chi connectivity index (χ0) is 21.4. The highest BCUT2D eigenvalue weighted by Crippen LogP contribution is 2.46. The van der Waals surface area contributed by atoms with Crippen LogP contribution in [-0.4, -0.2) is 63.9 Å². The second kappa shape index (κ2) is 5.94. The molecule has 0 N–H and O–H groups in total. The van der Waals surface area contributed by atoms with Crippen molar-refractivity contribution in [1.82, 2.24) is 9.88 Å². The van der Waals surface area contributed by atoms with Crippen LogP contribution < -0.4 is 4.90 Å². The monoisotopic (exact) mass is 404 g/mol. The molecule has 2 bridgehead atoms. The number of anilines is 1. The Labute approximate surface area is 173 Å². The number of aromatic nitrogens is 1. The molecule has 3 saturated heterocycles. The molecule has 1 spiro atoms. The second-order valence-electron chi connectivity index (χ2n) is 9.35. The molecule has 0 aliphatic carbocycles. The van der Waals surface area contributed by atoms with E-state index in [4.69, 9.17) is 0 Å². The topological polar surface area (TPSA) is 94.4 Å². The van der Waals surface area contributed by atoms with Crippen molar-refractivity contribution in [2.45, 2.75) is 32.9 Å². The summed E-state index contributed by atoms with van der Waals surface area (Å²) in [5.41, 5.74) is 0.661. The van der Waals surface area contributed by atoms with Crippen LogP contribution in [-0.2, 0) is 9.59 Å². The fourth-order valence-corrected chi connectivity index (χ4v) is 5.20. The van der Waals surface area contributed by atoms with Gasteiger partial charge < -0.3 is 0 Å². The minimum atomic E-state index is -0.602. The van der Waals surface area contributed by atoms with Crippen LogP contribution in [0.5, 0.6) is 0 Å². The van der Waals surface area contributed by atoms with Crippen molar-refractivity contribution in [3.8, 4) is 6.07 Å². The average molecular weight is 404 g/mol. The van der Waals surface area contributed by atoms with Gasteiger partial charge >= 0.3 is 6.03 Å². The number of carbonyl (C=O) groups is 3. The molecule has 0 saturated carbocycles. The largest absolute Gasteiger partial charge is 0.433 e. The van der Waals surface area contributed by atoms with Gasteiger partial charge in [-0.25, -0.2) is 14.2 Å². The smallest absolute Gasteiger partial charge is 0.292 e. The summed E-state index contributed by atoms with van der Waals surface area (Å²) in [7, 11) is 0. The van der Waals surface area contributed by atoms with Gasteiger partial charge in [-0.1, -0.05) is 20.8 Å². The summed E-state index contributed by atoms with van der Waals surface area (Å²) in [6, 6.07) is 7.32. The zero-order valence-electron chi connectivity index (χ0n) is 17.1. The van der Waals surface area contributed by atoms with Crippen LogP contribution >= 0.6 is 0 Å². The maximum absolute atomic E-state index is 13.8. The maximum Gasteiger partial charge on any atom is 0.433 e. The molecule has 5 rings (SSSR count). The molecule has 30 heavy (non-hydrogen) atoms. The van der Waals surface area contributed by atoms with E-state index in [0.717, 1.165) is 0 Å². The van der Waals surface area contributed by atoms with Gasteiger partial charge in [-0.3, -0.25) is 14.6 Å². The van der Waals surface area contributed by atoms with E-state index >= 15 is 0 Å². The van der Waals surface area contributed by atoms with Crippen molar-refractivity contribution in [2.75, 3.05) is 24.7 Å². The van der Waals surface area contributed by atoms with Gasteiger partial charge in [-0.15, -0.1) is 0 Å². The third kappa shape index (κ3) is 2.22. The first-order valence-corrected chi connectivity index (χ1v) is 10.0. The van der Waals surface area contributed by atoms with E-state index in [1.54, 1.807) is 30.5 Å². The Balaban J connectivity index is 1.66. The third-order valence-electron chi connectivity index (χ3n) is 6.61. The lowest BCUT2D eigenvalue weighted by Gasteiger charge is -2.35. The Bertz CT molecular complexity index is 1180. The van der Waals surface area contributed by atoms with Gasteiger partial charge in [-0.05, 0) is 24.3 Å². The number of carbonyl (C=O) groups excluding carboxylic acids is 3. The van der Waals surface area contributed by atoms with Crippen molar-refractivity contribution < 1.29 is 18.9 Å². The number of Topliss-reactive ketones (excluding diaryl/α,β-unsaturated/α-hetero) is 1. The summed E-state index contributed by atoms with van der Waals surface area (Å²) < 4.78 is -0.142. The third-order valence-corrected chi connectivity index (χ3v) is 6.61. The van der Waals surface area contributed by atoms with Crippen molar-refractivity contribution in [3.63, 3.8) is 0 Å². The molecule has 4 heterocycles. The predicted molar refractivity (Wildman–Crippen MR) is 108 cm³/mol. The average Bonchev–Trinajstić information content (AvgIpc) is 3.35. The second-order valence-corrected chi connectivity index (χ2v) is 9.35. The highest BCUT2D eigenvalue weighted by atomic mass is 16.2. The van der Waals surface area contributed by atoms with Crippen molar-refractivity contribution in [3.05, 3.63) is 36.0 Å². The van der Waals surface area contributed by atoms with Gasteiger partial charge in [0, 0.05) is 17.0 Å². The number of nitrogens with zero attached hydrogens (tertiary/aromatic N) is 5. The Morgan fingerprint density at radius 2 is 2.00 bits per heavy atom. The number of ketones is 1. The molecular weight excluding hydrogens is 382 g/mol. The van der Waals surface area contributed by atoms with E-state index in [9.17, 15) is 19.6 Å². The molecule has 8 heteroatoms. The number of pyridine rings is 1. The standard InChI is InChI=1S/C22H22N5O3/c1-22(2,3)19(28)16-10-25-11-17-20(29)26(21(30)27(16,17)12-25)15-7-6-13(9-23)18-14(15)5-4-8-24-18/h4-8,16-17H,10-12H2,1-3H3/q+1. The molecule has 3 aliphatic heterocycles. The molecule has 1 aromatic carbocycles. The number of nitriles is 1. The number of rotatable bonds is 2. The molecular formula is C22H22N5O3+. The van der Waals surface area contributed by atoms with Crippen LogP contribution in [0.1, 0.15) is 26.3 Å². The van der Waals surface area contributed by atoms with Crippen LogP contribution in [0, 0.1) is 16.7 Å². The van der Waals surface area contributed by atoms with Gasteiger partial charge in [0.2, 0.25) is 0 Å². The normalized spacial score (nSPS) is 30.1. The highest BCUT2D eigenvalue weighted by Gasteiger charge is 2.74. The molecule has 3 amide bonds. The fourth-order valence-electron chi connectivity index (χ4n) is 5.20. The molecule has 1 aromatic heterocycles. The summed E-state index contributed by atoms with van der Waals surface area (Å²) in [5.74, 6) is -0.284. The number of hydrogen-bond acceptors (Lipinski definition) is 6. The SMILES string of the molecule is CC(C)(C)C(=O)C1CN2CC3C(=O)N(c4ccc(C#N)c5ncccc45)C(=O)[N+]31C2. The molecule has 4 unspecified atom stereocenters. The summed E-state index contributed by atoms with van der Waals surface area (Å²) in [5, 5.41) is 9.98. The molecule has 152 valence electrons. The number of benzene rings is 1. The summed E-state index contributed by atoms with van der Waals surface area (Å²) in [6.07, 6.45) is 1.58. The van der Waals surface area contributed by atoms with Crippen molar-refractivity contribution >= 4 is 34.3 Å². The maximum atomic E-state index is 13.8. The van der Waals surface area contributed by atoms with Crippen LogP contribution in [0.25, 0.3) is 10.9 Å². The number of imide groups is 1. The van der Waals surface area contributed by atoms with Gasteiger partial charge in [0.05, 0.1) is 29.9 Å². The lowest BCUT2D eigenvalue weighted by atomic mass is 9.84. The fraction of sp³-hybridized carbons (Fsp3) is 0.409.